The number of nitrogens with zero attached hydrogens (tertiary/aromatic N) is 3. The van der Waals surface area contributed by atoms with Gasteiger partial charge < -0.3 is 9.32 Å². The first-order valence-electron chi connectivity index (χ1n) is 6.36. The second-order valence-corrected chi connectivity index (χ2v) is 4.94. The Bertz CT molecular complexity index is 509. The minimum Gasteiger partial charge on any atom is -0.425 e. The highest BCUT2D eigenvalue weighted by Crippen LogP contribution is 2.25. The van der Waals surface area contributed by atoms with Crippen LogP contribution in [-0.4, -0.2) is 35.2 Å². The molecule has 1 fully saturated rings. The fraction of sp³-hybridized carbons (Fsp3) is 0.429. The molecule has 0 radical (unpaired) electrons. The zero-order chi connectivity index (χ0) is 12.4. The van der Waals surface area contributed by atoms with Crippen LogP contribution in [0.25, 0.3) is 0 Å². The number of rotatable bonds is 3. The average Bonchev–Trinajstić information content (AvgIpc) is 2.99. The quantitative estimate of drug-likeness (QED) is 0.827. The normalized spacial score (nSPS) is 20.4. The molecule has 1 atom stereocenters. The fourth-order valence-electron chi connectivity index (χ4n) is 2.41. The van der Waals surface area contributed by atoms with Crippen LogP contribution in [-0.2, 0) is 6.42 Å². The molecule has 0 saturated carbocycles. The van der Waals surface area contributed by atoms with Crippen LogP contribution in [0, 0.1) is 0 Å². The van der Waals surface area contributed by atoms with Crippen LogP contribution in [0.4, 0.5) is 0 Å². The number of aromatic nitrogens is 2. The third-order valence-corrected chi connectivity index (χ3v) is 3.42. The van der Waals surface area contributed by atoms with E-state index in [4.69, 9.17) is 4.42 Å². The van der Waals surface area contributed by atoms with E-state index >= 15 is 0 Å². The van der Waals surface area contributed by atoms with Gasteiger partial charge in [-0.1, -0.05) is 30.3 Å². The lowest BCUT2D eigenvalue weighted by molar-refractivity contribution is 0.385. The molecule has 1 aliphatic rings. The van der Waals surface area contributed by atoms with Crippen LogP contribution < -0.4 is 0 Å². The highest BCUT2D eigenvalue weighted by molar-refractivity contribution is 5.17. The molecule has 4 heteroatoms. The zero-order valence-corrected chi connectivity index (χ0v) is 10.5. The summed E-state index contributed by atoms with van der Waals surface area (Å²) in [6.45, 7) is 2.13. The number of benzene rings is 1. The van der Waals surface area contributed by atoms with Crippen molar-refractivity contribution < 1.29 is 4.42 Å². The predicted molar refractivity (Wildman–Crippen MR) is 68.4 cm³/mol. The van der Waals surface area contributed by atoms with Crippen molar-refractivity contribution in [2.75, 3.05) is 20.1 Å². The molecule has 0 unspecified atom stereocenters. The lowest BCUT2D eigenvalue weighted by Crippen LogP contribution is -2.13. The molecule has 0 amide bonds. The van der Waals surface area contributed by atoms with E-state index in [1.807, 2.05) is 18.2 Å². The lowest BCUT2D eigenvalue weighted by Gasteiger charge is -2.05. The third-order valence-electron chi connectivity index (χ3n) is 3.42. The molecule has 2 aromatic rings. The van der Waals surface area contributed by atoms with E-state index < -0.39 is 0 Å². The maximum Gasteiger partial charge on any atom is 0.220 e. The van der Waals surface area contributed by atoms with Gasteiger partial charge in [-0.05, 0) is 25.6 Å². The van der Waals surface area contributed by atoms with E-state index in [1.165, 1.54) is 5.56 Å². The molecule has 2 heterocycles. The summed E-state index contributed by atoms with van der Waals surface area (Å²) in [5, 5.41) is 8.33. The van der Waals surface area contributed by atoms with Crippen LogP contribution in [0.5, 0.6) is 0 Å². The average molecular weight is 243 g/mol. The Labute approximate surface area is 107 Å². The minimum atomic E-state index is 0.409. The molecule has 0 spiro atoms. The number of likely N-dealkylation sites (N-methyl/N-ethyl adjacent to an activating group) is 1. The van der Waals surface area contributed by atoms with E-state index in [-0.39, 0.29) is 0 Å². The molecule has 1 saturated heterocycles. The Hall–Kier alpha value is -1.68. The molecular weight excluding hydrogens is 226 g/mol. The maximum absolute atomic E-state index is 5.77. The van der Waals surface area contributed by atoms with Crippen LogP contribution in [0.2, 0.25) is 0 Å². The van der Waals surface area contributed by atoms with Gasteiger partial charge in [-0.25, -0.2) is 0 Å². The van der Waals surface area contributed by atoms with Gasteiger partial charge in [-0.3, -0.25) is 0 Å². The van der Waals surface area contributed by atoms with Gasteiger partial charge in [0, 0.05) is 6.54 Å². The Balaban J connectivity index is 1.70. The van der Waals surface area contributed by atoms with Crippen molar-refractivity contribution in [3.63, 3.8) is 0 Å². The highest BCUT2D eigenvalue weighted by Gasteiger charge is 2.25. The van der Waals surface area contributed by atoms with Gasteiger partial charge in [0.25, 0.3) is 0 Å². The largest absolute Gasteiger partial charge is 0.425 e. The summed E-state index contributed by atoms with van der Waals surface area (Å²) in [5.74, 6) is 1.92. The monoisotopic (exact) mass is 243 g/mol. The summed E-state index contributed by atoms with van der Waals surface area (Å²) < 4.78 is 5.77. The fourth-order valence-corrected chi connectivity index (χ4v) is 2.41. The molecule has 3 rings (SSSR count). The van der Waals surface area contributed by atoms with Crippen molar-refractivity contribution in [2.24, 2.45) is 0 Å². The van der Waals surface area contributed by atoms with Gasteiger partial charge in [0.1, 0.15) is 0 Å². The Kier molecular flexibility index (Phi) is 3.11. The summed E-state index contributed by atoms with van der Waals surface area (Å²) in [6.07, 6.45) is 1.83. The first kappa shape index (κ1) is 11.4. The Morgan fingerprint density at radius 3 is 2.83 bits per heavy atom. The SMILES string of the molecule is CN1CC[C@H](c2nnc(Cc3ccccc3)o2)C1. The number of hydrogen-bond donors (Lipinski definition) is 0. The van der Waals surface area contributed by atoms with E-state index in [2.05, 4.69) is 34.3 Å². The predicted octanol–water partition coefficient (Wildman–Crippen LogP) is 2.08. The summed E-state index contributed by atoms with van der Waals surface area (Å²) in [5.41, 5.74) is 1.20. The second-order valence-electron chi connectivity index (χ2n) is 4.94. The van der Waals surface area contributed by atoms with E-state index in [1.54, 1.807) is 0 Å². The molecule has 0 aliphatic carbocycles. The molecule has 1 aromatic carbocycles. The first-order valence-corrected chi connectivity index (χ1v) is 6.36. The summed E-state index contributed by atoms with van der Waals surface area (Å²) in [4.78, 5) is 2.30. The van der Waals surface area contributed by atoms with E-state index in [9.17, 15) is 0 Å². The summed E-state index contributed by atoms with van der Waals surface area (Å²) >= 11 is 0. The van der Waals surface area contributed by atoms with Crippen molar-refractivity contribution in [1.29, 1.82) is 0 Å². The molecule has 1 aromatic heterocycles. The van der Waals surface area contributed by atoms with Crippen LogP contribution >= 0.6 is 0 Å². The minimum absolute atomic E-state index is 0.409. The first-order chi connectivity index (χ1) is 8.81. The van der Waals surface area contributed by atoms with Crippen molar-refractivity contribution in [3.8, 4) is 0 Å². The molecule has 0 N–H and O–H groups in total. The maximum atomic E-state index is 5.77. The van der Waals surface area contributed by atoms with Crippen molar-refractivity contribution in [3.05, 3.63) is 47.7 Å². The number of hydrogen-bond acceptors (Lipinski definition) is 4. The van der Waals surface area contributed by atoms with Gasteiger partial charge in [0.05, 0.1) is 12.3 Å². The number of likely N-dealkylation sites (tertiary alicyclic amines) is 1. The molecule has 94 valence electrons. The Morgan fingerprint density at radius 1 is 1.28 bits per heavy atom. The second kappa shape index (κ2) is 4.90. The van der Waals surface area contributed by atoms with Crippen molar-refractivity contribution in [2.45, 2.75) is 18.8 Å². The van der Waals surface area contributed by atoms with Gasteiger partial charge >= 0.3 is 0 Å². The molecular formula is C14H17N3O. The van der Waals surface area contributed by atoms with Gasteiger partial charge in [0.15, 0.2) is 0 Å². The molecule has 1 aliphatic heterocycles. The van der Waals surface area contributed by atoms with Crippen molar-refractivity contribution >= 4 is 0 Å². The van der Waals surface area contributed by atoms with Gasteiger partial charge in [0.2, 0.25) is 11.8 Å². The van der Waals surface area contributed by atoms with Gasteiger partial charge in [-0.2, -0.15) is 0 Å². The van der Waals surface area contributed by atoms with Crippen molar-refractivity contribution in [1.82, 2.24) is 15.1 Å². The smallest absolute Gasteiger partial charge is 0.220 e. The molecule has 0 bridgehead atoms. The highest BCUT2D eigenvalue weighted by atomic mass is 16.4. The van der Waals surface area contributed by atoms with Crippen LogP contribution in [0.1, 0.15) is 29.7 Å². The summed E-state index contributed by atoms with van der Waals surface area (Å²) in [7, 11) is 2.13. The van der Waals surface area contributed by atoms with Gasteiger partial charge in [-0.15, -0.1) is 10.2 Å². The van der Waals surface area contributed by atoms with Crippen LogP contribution in [0.15, 0.2) is 34.7 Å². The molecule has 4 nitrogen and oxygen atoms in total. The van der Waals surface area contributed by atoms with E-state index in [0.717, 1.165) is 31.8 Å². The van der Waals surface area contributed by atoms with Crippen LogP contribution in [0.3, 0.4) is 0 Å². The topological polar surface area (TPSA) is 42.2 Å². The standard InChI is InChI=1S/C14H17N3O/c1-17-8-7-12(10-17)14-16-15-13(18-14)9-11-5-3-2-4-6-11/h2-6,12H,7-10H2,1H3/t12-/m0/s1. The third kappa shape index (κ3) is 2.43. The lowest BCUT2D eigenvalue weighted by atomic mass is 10.1. The van der Waals surface area contributed by atoms with E-state index in [0.29, 0.717) is 11.8 Å². The Morgan fingerprint density at radius 2 is 2.11 bits per heavy atom. The summed E-state index contributed by atoms with van der Waals surface area (Å²) in [6, 6.07) is 10.2. The molecule has 18 heavy (non-hydrogen) atoms. The zero-order valence-electron chi connectivity index (χ0n) is 10.5.